The molecule has 0 bridgehead atoms. The molecule has 0 unspecified atom stereocenters. The quantitative estimate of drug-likeness (QED) is 0.445. The van der Waals surface area contributed by atoms with Gasteiger partial charge >= 0.3 is 0 Å². The van der Waals surface area contributed by atoms with Crippen LogP contribution in [0.1, 0.15) is 26.4 Å². The number of hydrogen-bond acceptors (Lipinski definition) is 4. The van der Waals surface area contributed by atoms with Crippen molar-refractivity contribution >= 4 is 40.1 Å². The van der Waals surface area contributed by atoms with E-state index in [0.29, 0.717) is 21.8 Å². The molecule has 0 radical (unpaired) electrons. The third-order valence-corrected chi connectivity index (χ3v) is 5.16. The first kappa shape index (κ1) is 18.4. The van der Waals surface area contributed by atoms with Gasteiger partial charge in [0.05, 0.1) is 27.9 Å². The maximum Gasteiger partial charge on any atom is 0.267 e. The van der Waals surface area contributed by atoms with Gasteiger partial charge in [-0.05, 0) is 37.3 Å². The highest BCUT2D eigenvalue weighted by Crippen LogP contribution is 2.35. The Morgan fingerprint density at radius 1 is 1.03 bits per heavy atom. The van der Waals surface area contributed by atoms with Crippen LogP contribution in [0.2, 0.25) is 5.02 Å². The molecule has 0 fully saturated rings. The van der Waals surface area contributed by atoms with Crippen LogP contribution in [0.25, 0.3) is 16.7 Å². The highest BCUT2D eigenvalue weighted by molar-refractivity contribution is 6.38. The Kier molecular flexibility index (Phi) is 3.94. The SMILES string of the molecule is Cc1nn(-c2ccc(F)cc2F)c2ncc3c(c12)C(=O)N(c1cccc(Cl)c1)C3=O. The zero-order valence-corrected chi connectivity index (χ0v) is 16.1. The topological polar surface area (TPSA) is 68.1 Å². The van der Waals surface area contributed by atoms with Gasteiger partial charge in [-0.25, -0.2) is 23.3 Å². The first-order chi connectivity index (χ1) is 14.4. The van der Waals surface area contributed by atoms with Gasteiger partial charge in [0.2, 0.25) is 0 Å². The first-order valence-electron chi connectivity index (χ1n) is 8.85. The minimum atomic E-state index is -0.829. The van der Waals surface area contributed by atoms with E-state index in [9.17, 15) is 18.4 Å². The van der Waals surface area contributed by atoms with Crippen molar-refractivity contribution in [3.63, 3.8) is 0 Å². The number of carbonyl (C=O) groups excluding carboxylic acids is 2. The summed E-state index contributed by atoms with van der Waals surface area (Å²) in [5.74, 6) is -2.64. The molecule has 5 rings (SSSR count). The van der Waals surface area contributed by atoms with E-state index in [1.54, 1.807) is 25.1 Å². The number of aromatic nitrogens is 3. The number of pyridine rings is 1. The summed E-state index contributed by atoms with van der Waals surface area (Å²) in [4.78, 5) is 31.4. The summed E-state index contributed by atoms with van der Waals surface area (Å²) in [6.07, 6.45) is 1.27. The van der Waals surface area contributed by atoms with Crippen molar-refractivity contribution in [1.29, 1.82) is 0 Å². The third kappa shape index (κ3) is 2.54. The van der Waals surface area contributed by atoms with Crippen molar-refractivity contribution in [2.75, 3.05) is 4.90 Å². The molecule has 148 valence electrons. The van der Waals surface area contributed by atoms with E-state index in [-0.39, 0.29) is 22.5 Å². The largest absolute Gasteiger partial charge is 0.268 e. The molecule has 9 heteroatoms. The zero-order valence-electron chi connectivity index (χ0n) is 15.4. The van der Waals surface area contributed by atoms with Crippen LogP contribution in [0.4, 0.5) is 14.5 Å². The van der Waals surface area contributed by atoms with E-state index in [0.717, 1.165) is 17.0 Å². The maximum atomic E-state index is 14.3. The van der Waals surface area contributed by atoms with Gasteiger partial charge in [0, 0.05) is 17.3 Å². The summed E-state index contributed by atoms with van der Waals surface area (Å²) in [6, 6.07) is 9.45. The smallest absolute Gasteiger partial charge is 0.267 e. The van der Waals surface area contributed by atoms with Crippen LogP contribution >= 0.6 is 11.6 Å². The summed E-state index contributed by atoms with van der Waals surface area (Å²) in [5, 5.41) is 5.00. The maximum absolute atomic E-state index is 14.3. The Balaban J connectivity index is 1.73. The van der Waals surface area contributed by atoms with Crippen LogP contribution in [0, 0.1) is 18.6 Å². The minimum Gasteiger partial charge on any atom is -0.268 e. The molecule has 30 heavy (non-hydrogen) atoms. The molecule has 0 saturated heterocycles. The van der Waals surface area contributed by atoms with Crippen LogP contribution in [-0.2, 0) is 0 Å². The van der Waals surface area contributed by atoms with Gasteiger partial charge in [-0.2, -0.15) is 5.10 Å². The van der Waals surface area contributed by atoms with Gasteiger partial charge in [-0.15, -0.1) is 0 Å². The molecule has 1 aliphatic rings. The van der Waals surface area contributed by atoms with E-state index in [1.807, 2.05) is 0 Å². The number of amides is 2. The fraction of sp³-hybridized carbons (Fsp3) is 0.0476. The lowest BCUT2D eigenvalue weighted by Crippen LogP contribution is -2.29. The van der Waals surface area contributed by atoms with Crippen LogP contribution in [0.3, 0.4) is 0 Å². The first-order valence-corrected chi connectivity index (χ1v) is 9.22. The molecular weight excluding hydrogens is 414 g/mol. The van der Waals surface area contributed by atoms with E-state index in [2.05, 4.69) is 10.1 Å². The van der Waals surface area contributed by atoms with Gasteiger partial charge < -0.3 is 0 Å². The predicted octanol–water partition coefficient (Wildman–Crippen LogP) is 4.46. The molecule has 2 aromatic heterocycles. The number of aryl methyl sites for hydroxylation is 1. The molecule has 0 atom stereocenters. The average Bonchev–Trinajstić information content (AvgIpc) is 3.16. The Morgan fingerprint density at radius 3 is 2.57 bits per heavy atom. The molecule has 6 nitrogen and oxygen atoms in total. The number of anilines is 1. The molecule has 3 heterocycles. The number of hydrogen-bond donors (Lipinski definition) is 0. The third-order valence-electron chi connectivity index (χ3n) is 4.93. The van der Waals surface area contributed by atoms with Gasteiger partial charge in [0.15, 0.2) is 11.5 Å². The van der Waals surface area contributed by atoms with Crippen molar-refractivity contribution in [1.82, 2.24) is 14.8 Å². The van der Waals surface area contributed by atoms with Gasteiger partial charge in [0.1, 0.15) is 11.5 Å². The van der Waals surface area contributed by atoms with Gasteiger partial charge in [0.25, 0.3) is 11.8 Å². The fourth-order valence-electron chi connectivity index (χ4n) is 3.63. The molecule has 2 aromatic carbocycles. The summed E-state index contributed by atoms with van der Waals surface area (Å²) in [7, 11) is 0. The van der Waals surface area contributed by atoms with Crippen molar-refractivity contribution in [2.24, 2.45) is 0 Å². The summed E-state index contributed by atoms with van der Waals surface area (Å²) in [6.45, 7) is 1.63. The van der Waals surface area contributed by atoms with Crippen molar-refractivity contribution in [3.05, 3.63) is 82.1 Å². The number of rotatable bonds is 2. The summed E-state index contributed by atoms with van der Waals surface area (Å²) < 4.78 is 28.8. The summed E-state index contributed by atoms with van der Waals surface area (Å²) in [5.41, 5.74) is 1.13. The second-order valence-electron chi connectivity index (χ2n) is 6.76. The fourth-order valence-corrected chi connectivity index (χ4v) is 3.82. The normalized spacial score (nSPS) is 13.4. The van der Waals surface area contributed by atoms with Crippen LogP contribution < -0.4 is 4.90 Å². The summed E-state index contributed by atoms with van der Waals surface area (Å²) >= 11 is 6.01. The predicted molar refractivity (Wildman–Crippen MR) is 106 cm³/mol. The molecule has 0 N–H and O–H groups in total. The Labute approximate surface area is 173 Å². The Morgan fingerprint density at radius 2 is 1.83 bits per heavy atom. The van der Waals surface area contributed by atoms with Crippen LogP contribution in [-0.4, -0.2) is 26.6 Å². The van der Waals surface area contributed by atoms with Crippen molar-refractivity contribution < 1.29 is 18.4 Å². The van der Waals surface area contributed by atoms with E-state index >= 15 is 0 Å². The second kappa shape index (κ2) is 6.43. The van der Waals surface area contributed by atoms with Crippen molar-refractivity contribution in [3.8, 4) is 5.69 Å². The standard InChI is InChI=1S/C21H11ClF2N4O2/c1-10-17-18-14(20(29)27(21(18)30)13-4-2-3-11(22)7-13)9-25-19(17)28(26-10)16-6-5-12(23)8-15(16)24/h2-9H,1H3. The Hall–Kier alpha value is -3.65. The van der Waals surface area contributed by atoms with Gasteiger partial charge in [-0.3, -0.25) is 9.59 Å². The number of imide groups is 1. The molecule has 0 aliphatic carbocycles. The number of carbonyl (C=O) groups is 2. The molecule has 0 saturated carbocycles. The number of benzene rings is 2. The lowest BCUT2D eigenvalue weighted by Gasteiger charge is -2.13. The number of nitrogens with zero attached hydrogens (tertiary/aromatic N) is 4. The molecular formula is C21H11ClF2N4O2. The molecule has 2 amide bonds. The molecule has 1 aliphatic heterocycles. The highest BCUT2D eigenvalue weighted by Gasteiger charge is 2.40. The second-order valence-corrected chi connectivity index (χ2v) is 7.20. The highest BCUT2D eigenvalue weighted by atomic mass is 35.5. The van der Waals surface area contributed by atoms with Crippen molar-refractivity contribution in [2.45, 2.75) is 6.92 Å². The number of fused-ring (bicyclic) bond motifs is 3. The van der Waals surface area contributed by atoms with Gasteiger partial charge in [-0.1, -0.05) is 17.7 Å². The van der Waals surface area contributed by atoms with Crippen LogP contribution in [0.15, 0.2) is 48.7 Å². The minimum absolute atomic E-state index is 0.0228. The lowest BCUT2D eigenvalue weighted by molar-refractivity contribution is 0.0926. The Bertz CT molecular complexity index is 1400. The van der Waals surface area contributed by atoms with E-state index in [4.69, 9.17) is 11.6 Å². The average molecular weight is 425 g/mol. The lowest BCUT2D eigenvalue weighted by atomic mass is 10.1. The monoisotopic (exact) mass is 424 g/mol. The van der Waals surface area contributed by atoms with E-state index in [1.165, 1.54) is 23.0 Å². The molecule has 4 aromatic rings. The molecule has 0 spiro atoms. The van der Waals surface area contributed by atoms with E-state index < -0.39 is 23.4 Å². The number of halogens is 3. The zero-order chi connectivity index (χ0) is 21.2. The van der Waals surface area contributed by atoms with Crippen LogP contribution in [0.5, 0.6) is 0 Å².